The summed E-state index contributed by atoms with van der Waals surface area (Å²) < 4.78 is 26.9. The lowest BCUT2D eigenvalue weighted by Crippen LogP contribution is -2.27. The minimum Gasteiger partial charge on any atom is -0.409 e. The van der Waals surface area contributed by atoms with Crippen molar-refractivity contribution < 1.29 is 33.1 Å². The molecule has 0 atom stereocenters. The number of rotatable bonds is 10. The highest BCUT2D eigenvalue weighted by atomic mass is 32.2. The maximum atomic E-state index is 13.3. The van der Waals surface area contributed by atoms with Gasteiger partial charge < -0.3 is 24.9 Å². The Hall–Kier alpha value is -3.55. The molecule has 0 aliphatic carbocycles. The third kappa shape index (κ3) is 4.52. The largest absolute Gasteiger partial charge is 0.409 e. The molecule has 2 aliphatic heterocycles. The minimum atomic E-state index is -3.80. The second-order valence-corrected chi connectivity index (χ2v) is 9.83. The normalized spacial score (nSPS) is 15.9. The molecule has 12 heteroatoms. The number of amides is 2. The van der Waals surface area contributed by atoms with Crippen molar-refractivity contribution in [2.45, 2.75) is 4.90 Å². The molecule has 4 N–H and O–H groups in total. The monoisotopic (exact) mass is 514 g/mol. The van der Waals surface area contributed by atoms with Gasteiger partial charge in [-0.15, -0.1) is 0 Å². The Morgan fingerprint density at radius 2 is 1.25 bits per heavy atom. The molecule has 0 bridgehead atoms. The lowest BCUT2D eigenvalue weighted by molar-refractivity contribution is -0.123. The molecule has 2 aliphatic rings. The van der Waals surface area contributed by atoms with Gasteiger partial charge in [-0.05, 0) is 47.5 Å². The van der Waals surface area contributed by atoms with E-state index in [4.69, 9.17) is 15.1 Å². The fraction of sp³-hybridized carbons (Fsp3) is 0.250. The van der Waals surface area contributed by atoms with Crippen LogP contribution in [0.2, 0.25) is 0 Å². The van der Waals surface area contributed by atoms with Crippen molar-refractivity contribution in [1.29, 1.82) is 0 Å². The average Bonchev–Trinajstić information content (AvgIpc) is 3.28. The van der Waals surface area contributed by atoms with Crippen LogP contribution in [0.1, 0.15) is 11.1 Å². The van der Waals surface area contributed by atoms with Crippen LogP contribution in [-0.4, -0.2) is 80.6 Å². The van der Waals surface area contributed by atoms with Crippen molar-refractivity contribution in [2.75, 3.05) is 40.4 Å². The molecule has 2 heterocycles. The van der Waals surface area contributed by atoms with E-state index in [1.165, 1.54) is 21.9 Å². The van der Waals surface area contributed by atoms with E-state index in [-0.39, 0.29) is 54.2 Å². The van der Waals surface area contributed by atoms with Gasteiger partial charge in [0.05, 0.1) is 47.2 Å². The summed E-state index contributed by atoms with van der Waals surface area (Å²) in [6.45, 7) is -0.254. The van der Waals surface area contributed by atoms with Crippen LogP contribution in [0.3, 0.4) is 0 Å². The second-order valence-electron chi connectivity index (χ2n) is 8.07. The van der Waals surface area contributed by atoms with Crippen molar-refractivity contribution >= 4 is 33.2 Å². The number of hydrogen-bond donors (Lipinski definition) is 4. The van der Waals surface area contributed by atoms with Crippen LogP contribution >= 0.6 is 0 Å². The van der Waals surface area contributed by atoms with Crippen molar-refractivity contribution in [2.24, 2.45) is 0 Å². The zero-order valence-electron chi connectivity index (χ0n) is 19.7. The van der Waals surface area contributed by atoms with E-state index in [2.05, 4.69) is 10.2 Å². The molecular formula is C24H26N4O7S. The lowest BCUT2D eigenvalue weighted by atomic mass is 10.0. The van der Waals surface area contributed by atoms with Crippen LogP contribution in [0.5, 0.6) is 5.75 Å². The second kappa shape index (κ2) is 10.2. The smallest absolute Gasteiger partial charge is 0.261 e. The zero-order valence-corrected chi connectivity index (χ0v) is 20.5. The molecule has 36 heavy (non-hydrogen) atoms. The van der Waals surface area contributed by atoms with Crippen molar-refractivity contribution in [3.63, 3.8) is 0 Å². The van der Waals surface area contributed by atoms with Gasteiger partial charge in [0.1, 0.15) is 5.75 Å². The van der Waals surface area contributed by atoms with Crippen LogP contribution in [0, 0.1) is 0 Å². The van der Waals surface area contributed by atoms with E-state index in [1.54, 1.807) is 50.5 Å². The maximum absolute atomic E-state index is 13.3. The molecule has 190 valence electrons. The fourth-order valence-corrected chi connectivity index (χ4v) is 5.14. The topological polar surface area (TPSA) is 149 Å². The number of carbonyl (C=O) groups excluding carboxylic acids is 2. The predicted molar refractivity (Wildman–Crippen MR) is 130 cm³/mol. The van der Waals surface area contributed by atoms with E-state index in [9.17, 15) is 18.0 Å². The van der Waals surface area contributed by atoms with Gasteiger partial charge in [0.2, 0.25) is 10.0 Å². The lowest BCUT2D eigenvalue weighted by Gasteiger charge is -2.20. The van der Waals surface area contributed by atoms with Crippen molar-refractivity contribution in [1.82, 2.24) is 20.0 Å². The number of benzene rings is 2. The Kier molecular flexibility index (Phi) is 7.24. The number of nitrogens with one attached hydrogen (secondary N) is 2. The van der Waals surface area contributed by atoms with Crippen LogP contribution in [0.15, 0.2) is 64.6 Å². The standard InChI is InChI=1S/C24H26N4O7S/c1-27-21(15-3-7-17(8-4-15)35-25-11-13-29)19-20(24(27)32)22(28(2)23(19)31)16-5-9-18(10-6-16)36(33,34)26-12-14-30/h3-10,25-26,29-30H,11-14H2,1-2H3. The van der Waals surface area contributed by atoms with Gasteiger partial charge in [0.25, 0.3) is 11.8 Å². The summed E-state index contributed by atoms with van der Waals surface area (Å²) in [5.74, 6) is -0.197. The molecule has 2 amide bonds. The minimum absolute atomic E-state index is 0.000570. The van der Waals surface area contributed by atoms with E-state index in [1.807, 2.05) is 0 Å². The van der Waals surface area contributed by atoms with Crippen LogP contribution < -0.4 is 15.0 Å². The third-order valence-electron chi connectivity index (χ3n) is 5.81. The number of nitrogens with zero attached hydrogens (tertiary/aromatic N) is 2. The fourth-order valence-electron chi connectivity index (χ4n) is 4.12. The van der Waals surface area contributed by atoms with E-state index >= 15 is 0 Å². The number of likely N-dealkylation sites (N-methyl/N-ethyl adjacent to an activating group) is 2. The van der Waals surface area contributed by atoms with Crippen LogP contribution in [-0.2, 0) is 19.6 Å². The van der Waals surface area contributed by atoms with Gasteiger partial charge in [-0.3, -0.25) is 9.59 Å². The Bertz CT molecular complexity index is 1350. The Morgan fingerprint density at radius 3 is 1.72 bits per heavy atom. The number of sulfonamides is 1. The van der Waals surface area contributed by atoms with E-state index in [0.29, 0.717) is 28.3 Å². The van der Waals surface area contributed by atoms with Gasteiger partial charge in [-0.2, -0.15) is 5.48 Å². The zero-order chi connectivity index (χ0) is 26.0. The highest BCUT2D eigenvalue weighted by Crippen LogP contribution is 2.45. The van der Waals surface area contributed by atoms with Crippen LogP contribution in [0.4, 0.5) is 0 Å². The number of hydroxylamine groups is 1. The number of carbonyl (C=O) groups is 2. The first-order valence-corrected chi connectivity index (χ1v) is 12.6. The van der Waals surface area contributed by atoms with E-state index < -0.39 is 10.0 Å². The SMILES string of the molecule is CN1C(=O)C2=C(c3ccc(S(=O)(=O)NCCO)cc3)N(C)C(=O)C2=C1c1ccc(ONCCO)cc1. The Morgan fingerprint density at radius 1 is 0.778 bits per heavy atom. The summed E-state index contributed by atoms with van der Waals surface area (Å²) >= 11 is 0. The molecule has 11 nitrogen and oxygen atoms in total. The quantitative estimate of drug-likeness (QED) is 0.254. The molecular weight excluding hydrogens is 488 g/mol. The first-order valence-electron chi connectivity index (χ1n) is 11.1. The van der Waals surface area contributed by atoms with Gasteiger partial charge in [-0.25, -0.2) is 13.1 Å². The number of aliphatic hydroxyl groups is 2. The number of fused-ring (bicyclic) bond motifs is 1. The average molecular weight is 515 g/mol. The molecule has 0 unspecified atom stereocenters. The summed E-state index contributed by atoms with van der Waals surface area (Å²) in [6.07, 6.45) is 0. The summed E-state index contributed by atoms with van der Waals surface area (Å²) in [6, 6.07) is 12.7. The third-order valence-corrected chi connectivity index (χ3v) is 7.28. The van der Waals surface area contributed by atoms with Crippen molar-refractivity contribution in [3.8, 4) is 5.75 Å². The molecule has 2 aromatic carbocycles. The Balaban J connectivity index is 1.72. The van der Waals surface area contributed by atoms with Gasteiger partial charge >= 0.3 is 0 Å². The van der Waals surface area contributed by atoms with Crippen LogP contribution in [0.25, 0.3) is 11.4 Å². The summed E-state index contributed by atoms with van der Waals surface area (Å²) in [5, 5.41) is 17.7. The summed E-state index contributed by atoms with van der Waals surface area (Å²) in [5.41, 5.74) is 5.14. The van der Waals surface area contributed by atoms with Gasteiger partial charge in [0.15, 0.2) is 0 Å². The number of hydrogen-bond acceptors (Lipinski definition) is 8. The van der Waals surface area contributed by atoms with E-state index in [0.717, 1.165) is 0 Å². The predicted octanol–water partition coefficient (Wildman–Crippen LogP) is -0.101. The maximum Gasteiger partial charge on any atom is 0.261 e. The first-order chi connectivity index (χ1) is 17.2. The molecule has 0 radical (unpaired) electrons. The molecule has 0 saturated carbocycles. The van der Waals surface area contributed by atoms with Gasteiger partial charge in [0, 0.05) is 20.6 Å². The Labute approximate surface area is 208 Å². The molecule has 0 aromatic heterocycles. The molecule has 0 saturated heterocycles. The van der Waals surface area contributed by atoms with Crippen molar-refractivity contribution in [3.05, 3.63) is 70.8 Å². The molecule has 2 aromatic rings. The first kappa shape index (κ1) is 25.5. The van der Waals surface area contributed by atoms with Gasteiger partial charge in [-0.1, -0.05) is 12.1 Å². The molecule has 0 fully saturated rings. The summed E-state index contributed by atoms with van der Waals surface area (Å²) in [7, 11) is -0.637. The highest BCUT2D eigenvalue weighted by molar-refractivity contribution is 7.89. The number of aliphatic hydroxyl groups excluding tert-OH is 2. The summed E-state index contributed by atoms with van der Waals surface area (Å²) in [4.78, 5) is 34.7. The highest BCUT2D eigenvalue weighted by Gasteiger charge is 2.46. The molecule has 4 rings (SSSR count). The molecule has 0 spiro atoms.